The molecule has 8 atom stereocenters. The fraction of sp³-hybridized carbons (Fsp3) is 0.560. The Morgan fingerprint density at radius 1 is 0.738 bits per heavy atom. The lowest BCUT2D eigenvalue weighted by Crippen LogP contribution is -2.55. The van der Waals surface area contributed by atoms with Crippen LogP contribution in [0.1, 0.15) is 83.8 Å². The zero-order valence-corrected chi connectivity index (χ0v) is 37.4. The number of methoxy groups -OCH3 is 3. The highest BCUT2D eigenvalue weighted by Gasteiger charge is 2.63. The largest absolute Gasteiger partial charge is 0.504 e. The first kappa shape index (κ1) is 44.3. The van der Waals surface area contributed by atoms with Gasteiger partial charge in [0.25, 0.3) is 0 Å². The molecule has 11 nitrogen and oxygen atoms in total. The predicted octanol–water partition coefficient (Wildman–Crippen LogP) is 7.20. The summed E-state index contributed by atoms with van der Waals surface area (Å²) in [6.45, 7) is 17.1. The number of para-hydroxylation sites is 2. The Morgan fingerprint density at radius 3 is 1.67 bits per heavy atom. The molecule has 0 unspecified atom stereocenters. The Bertz CT molecular complexity index is 2060. The standard InChI is InChI=1S/C25H34N2O4.C25H32N2O3/c1-5-12-27-21-10-8-7-9-20(21)25(24(27)29)11-13-26-15-17(6-2)18(14-22(25)26)19(16-30-3)23(28)31-4;1-5-13-27-21-11-9-8-10-20(21)25(24(27)29)12-14-26-16-17(6-2)19(15-22(25)26)18(7-3)23(28)30-4/h7-10,16-18,22H,5-6,11-15H2,1-4H3;5,7-11,17,19,22H,1,6,12-16H2,2-4H3/b19-16+;18-7+/t17-,18+,22+,25-;17-,19+,22+,25-/m11/s1. The first-order valence-corrected chi connectivity index (χ1v) is 22.5. The van der Waals surface area contributed by atoms with E-state index in [1.807, 2.05) is 47.1 Å². The molecule has 4 fully saturated rings. The summed E-state index contributed by atoms with van der Waals surface area (Å²) in [5, 5.41) is 0. The molecule has 0 N–H and O–H groups in total. The highest BCUT2D eigenvalue weighted by Crippen LogP contribution is 2.56. The van der Waals surface area contributed by atoms with Crippen LogP contribution in [0.25, 0.3) is 0 Å². The summed E-state index contributed by atoms with van der Waals surface area (Å²) in [4.78, 5) is 61.8. The van der Waals surface area contributed by atoms with E-state index in [4.69, 9.17) is 14.2 Å². The molecular weight excluding hydrogens is 769 g/mol. The Balaban J connectivity index is 0.000000184. The molecule has 6 aliphatic rings. The maximum Gasteiger partial charge on any atom is 0.337 e. The Hall–Kier alpha value is -4.74. The van der Waals surface area contributed by atoms with Crippen LogP contribution in [0.2, 0.25) is 0 Å². The lowest BCUT2D eigenvalue weighted by atomic mass is 9.67. The smallest absolute Gasteiger partial charge is 0.337 e. The SMILES string of the molecule is C=CCN1C(=O)[C@]2(CCN3C[C@@H](CC)[C@@H](/C(=C\C)C(=O)OC)C[C@H]32)c2ccccc21.CCCN1C(=O)[C@]2(CCN3C[C@@H](CC)[C@@H](/C(=C\OC)C(=O)OC)C[C@H]32)c2ccccc21. The molecule has 8 rings (SSSR count). The van der Waals surface area contributed by atoms with Crippen LogP contribution in [0.3, 0.4) is 0 Å². The fourth-order valence-electron chi connectivity index (χ4n) is 12.5. The average molecular weight is 835 g/mol. The number of piperidine rings is 2. The molecule has 4 saturated heterocycles. The first-order valence-electron chi connectivity index (χ1n) is 22.5. The van der Waals surface area contributed by atoms with Gasteiger partial charge in [0.1, 0.15) is 0 Å². The quantitative estimate of drug-likeness (QED) is 0.101. The van der Waals surface area contributed by atoms with Gasteiger partial charge in [-0.05, 0) is 99.0 Å². The number of fused-ring (bicyclic) bond motifs is 8. The minimum absolute atomic E-state index is 0.00816. The number of hydrogen-bond donors (Lipinski definition) is 0. The van der Waals surface area contributed by atoms with Crippen LogP contribution >= 0.6 is 0 Å². The Morgan fingerprint density at radius 2 is 1.21 bits per heavy atom. The topological polar surface area (TPSA) is 109 Å². The maximum absolute atomic E-state index is 13.9. The van der Waals surface area contributed by atoms with Crippen molar-refractivity contribution in [2.75, 3.05) is 70.4 Å². The van der Waals surface area contributed by atoms with Gasteiger partial charge in [0.2, 0.25) is 11.8 Å². The van der Waals surface area contributed by atoms with Crippen molar-refractivity contribution in [3.05, 3.63) is 95.8 Å². The van der Waals surface area contributed by atoms with Crippen LogP contribution < -0.4 is 9.80 Å². The number of carbonyl (C=O) groups is 4. The summed E-state index contributed by atoms with van der Waals surface area (Å²) in [5.41, 5.74) is 4.64. The van der Waals surface area contributed by atoms with Gasteiger partial charge < -0.3 is 24.0 Å². The van der Waals surface area contributed by atoms with Crippen LogP contribution in [-0.4, -0.2) is 106 Å². The number of nitrogens with zero attached hydrogens (tertiary/aromatic N) is 4. The van der Waals surface area contributed by atoms with Crippen LogP contribution in [0.5, 0.6) is 0 Å². The van der Waals surface area contributed by atoms with Crippen molar-refractivity contribution in [1.29, 1.82) is 0 Å². The lowest BCUT2D eigenvalue weighted by molar-refractivity contribution is -0.138. The van der Waals surface area contributed by atoms with Gasteiger partial charge in [-0.3, -0.25) is 19.4 Å². The monoisotopic (exact) mass is 834 g/mol. The molecule has 0 aliphatic carbocycles. The van der Waals surface area contributed by atoms with Gasteiger partial charge >= 0.3 is 11.9 Å². The molecule has 2 spiro atoms. The van der Waals surface area contributed by atoms with Crippen LogP contribution in [0, 0.1) is 23.7 Å². The number of ether oxygens (including phenoxy) is 3. The van der Waals surface area contributed by atoms with Gasteiger partial charge in [0.05, 0.1) is 44.0 Å². The van der Waals surface area contributed by atoms with E-state index >= 15 is 0 Å². The minimum Gasteiger partial charge on any atom is -0.504 e. The third kappa shape index (κ3) is 7.13. The van der Waals surface area contributed by atoms with Gasteiger partial charge in [-0.1, -0.05) is 82.2 Å². The van der Waals surface area contributed by atoms with E-state index in [-0.39, 0.29) is 47.7 Å². The summed E-state index contributed by atoms with van der Waals surface area (Å²) in [5.74, 6) is 0.662. The molecule has 11 heteroatoms. The van der Waals surface area contributed by atoms with Gasteiger partial charge in [-0.15, -0.1) is 6.58 Å². The van der Waals surface area contributed by atoms with E-state index in [0.717, 1.165) is 106 Å². The second-order valence-electron chi connectivity index (χ2n) is 17.7. The van der Waals surface area contributed by atoms with Crippen molar-refractivity contribution in [2.45, 2.75) is 95.6 Å². The van der Waals surface area contributed by atoms with E-state index in [1.54, 1.807) is 19.4 Å². The molecule has 6 heterocycles. The number of benzene rings is 2. The highest BCUT2D eigenvalue weighted by atomic mass is 16.5. The Kier molecular flexibility index (Phi) is 13.3. The molecule has 2 aromatic carbocycles. The van der Waals surface area contributed by atoms with E-state index in [2.05, 4.69) is 61.4 Å². The molecule has 0 bridgehead atoms. The molecule has 0 saturated carbocycles. The number of anilines is 2. The van der Waals surface area contributed by atoms with Gasteiger partial charge in [0, 0.05) is 55.2 Å². The summed E-state index contributed by atoms with van der Waals surface area (Å²) < 4.78 is 15.5. The summed E-state index contributed by atoms with van der Waals surface area (Å²) >= 11 is 0. The maximum atomic E-state index is 13.9. The second-order valence-corrected chi connectivity index (χ2v) is 17.7. The van der Waals surface area contributed by atoms with Crippen molar-refractivity contribution in [3.63, 3.8) is 0 Å². The molecule has 0 radical (unpaired) electrons. The Labute approximate surface area is 362 Å². The summed E-state index contributed by atoms with van der Waals surface area (Å²) in [6.07, 6.45) is 11.4. The molecular formula is C50H66N4O7. The highest BCUT2D eigenvalue weighted by molar-refractivity contribution is 6.10. The normalized spacial score (nSPS) is 30.7. The van der Waals surface area contributed by atoms with Crippen LogP contribution in [0.4, 0.5) is 11.4 Å². The minimum atomic E-state index is -0.536. The molecule has 2 amide bonds. The molecule has 61 heavy (non-hydrogen) atoms. The number of amides is 2. The van der Waals surface area contributed by atoms with Crippen molar-refractivity contribution < 1.29 is 33.4 Å². The van der Waals surface area contributed by atoms with Crippen molar-refractivity contribution in [2.24, 2.45) is 23.7 Å². The van der Waals surface area contributed by atoms with E-state index in [9.17, 15) is 19.2 Å². The number of hydrogen-bond acceptors (Lipinski definition) is 9. The predicted molar refractivity (Wildman–Crippen MR) is 238 cm³/mol. The lowest BCUT2D eigenvalue weighted by Gasteiger charge is -2.45. The van der Waals surface area contributed by atoms with E-state index < -0.39 is 10.8 Å². The summed E-state index contributed by atoms with van der Waals surface area (Å²) in [6, 6.07) is 16.7. The van der Waals surface area contributed by atoms with Gasteiger partial charge in [-0.2, -0.15) is 0 Å². The molecule has 0 aromatic heterocycles. The molecule has 328 valence electrons. The third-order valence-electron chi connectivity index (χ3n) is 15.2. The first-order chi connectivity index (χ1) is 29.6. The van der Waals surface area contributed by atoms with Crippen LogP contribution in [-0.2, 0) is 44.2 Å². The number of rotatable bonds is 11. The van der Waals surface area contributed by atoms with Crippen molar-refractivity contribution in [1.82, 2.24) is 9.80 Å². The van der Waals surface area contributed by atoms with E-state index in [0.29, 0.717) is 24.0 Å². The summed E-state index contributed by atoms with van der Waals surface area (Å²) in [7, 11) is 4.43. The van der Waals surface area contributed by atoms with Crippen molar-refractivity contribution in [3.8, 4) is 0 Å². The fourth-order valence-corrected chi connectivity index (χ4v) is 12.5. The van der Waals surface area contributed by atoms with E-state index in [1.165, 1.54) is 14.2 Å². The van der Waals surface area contributed by atoms with Gasteiger partial charge in [-0.25, -0.2) is 9.59 Å². The third-order valence-corrected chi connectivity index (χ3v) is 15.2. The zero-order valence-electron chi connectivity index (χ0n) is 37.4. The number of allylic oxidation sites excluding steroid dienone is 1. The number of esters is 2. The zero-order chi connectivity index (χ0) is 43.6. The average Bonchev–Trinajstić information content (AvgIpc) is 3.99. The number of carbonyl (C=O) groups excluding carboxylic acids is 4. The van der Waals surface area contributed by atoms with Crippen LogP contribution in [0.15, 0.2) is 84.7 Å². The van der Waals surface area contributed by atoms with Crippen molar-refractivity contribution >= 4 is 35.1 Å². The second kappa shape index (κ2) is 18.3. The molecule has 6 aliphatic heterocycles. The van der Waals surface area contributed by atoms with Gasteiger partial charge in [0.15, 0.2) is 0 Å². The molecule has 2 aromatic rings.